The monoisotopic (exact) mass is 130 g/mol. The molecule has 0 aromatic heterocycles. The molecule has 1 heteroatoms. The molecule has 0 spiro atoms. The van der Waals surface area contributed by atoms with Crippen LogP contribution >= 0.6 is 0 Å². The lowest BCUT2D eigenvalue weighted by molar-refractivity contribution is 0.470. The minimum atomic E-state index is 0.384. The predicted octanol–water partition coefficient (Wildman–Crippen LogP) is 2.01. The third-order valence-corrected chi connectivity index (χ3v) is 1.58. The van der Waals surface area contributed by atoms with Crippen LogP contribution in [-0.4, -0.2) is 5.11 Å². The van der Waals surface area contributed by atoms with Crippen molar-refractivity contribution < 1.29 is 5.11 Å². The van der Waals surface area contributed by atoms with Gasteiger partial charge in [0.15, 0.2) is 0 Å². The minimum Gasteiger partial charge on any atom is -0.508 e. The molecule has 1 nitrogen and oxygen atoms in total. The largest absolute Gasteiger partial charge is 0.508 e. The van der Waals surface area contributed by atoms with Gasteiger partial charge in [-0.1, -0.05) is 12.1 Å². The molecule has 0 saturated heterocycles. The van der Waals surface area contributed by atoms with Crippen LogP contribution in [0.25, 0.3) is 0 Å². The van der Waals surface area contributed by atoms with Crippen molar-refractivity contribution in [3.8, 4) is 5.75 Å². The molecule has 0 atom stereocenters. The molecule has 1 aromatic carbocycles. The molecule has 1 N–H and O–H groups in total. The lowest BCUT2D eigenvalue weighted by atomic mass is 11.1. The highest BCUT2D eigenvalue weighted by molar-refractivity contribution is 5.36. The quantitative estimate of drug-likeness (QED) is 0.532. The topological polar surface area (TPSA) is 20.2 Å². The molecule has 48 valence electrons. The van der Waals surface area contributed by atoms with E-state index in [1.165, 1.54) is 0 Å². The van der Waals surface area contributed by atoms with Crippen LogP contribution in [0.4, 0.5) is 0 Å². The van der Waals surface area contributed by atoms with E-state index in [0.717, 1.165) is 11.1 Å². The van der Waals surface area contributed by atoms with Crippen LogP contribution in [0.15, 0.2) is 18.2 Å². The summed E-state index contributed by atoms with van der Waals surface area (Å²) in [7, 11) is 0. The Labute approximate surface area is 55.0 Å². The van der Waals surface area contributed by atoms with Crippen molar-refractivity contribution in [2.24, 2.45) is 0 Å². The number of rotatable bonds is 0. The van der Waals surface area contributed by atoms with Gasteiger partial charge < -0.3 is 5.11 Å². The Morgan fingerprint density at radius 3 is 2.33 bits per heavy atom. The fourth-order valence-electron chi connectivity index (χ4n) is 0.736. The van der Waals surface area contributed by atoms with Crippen LogP contribution in [0.2, 0.25) is 0 Å². The number of hydrogen-bond acceptors (Lipinski definition) is 1. The zero-order valence-corrected chi connectivity index (χ0v) is 5.68. The van der Waals surface area contributed by atoms with E-state index in [0.29, 0.717) is 5.75 Å². The average molecular weight is 130 g/mol. The van der Waals surface area contributed by atoms with Crippen molar-refractivity contribution >= 4 is 0 Å². The van der Waals surface area contributed by atoms with E-state index in [4.69, 9.17) is 5.11 Å². The number of aryl methyl sites for hydroxylation is 1. The third kappa shape index (κ3) is 1.04. The Morgan fingerprint density at radius 1 is 1.22 bits per heavy atom. The summed E-state index contributed by atoms with van der Waals surface area (Å²) in [5, 5.41) is 9.10. The first kappa shape index (κ1) is 6.14. The number of aromatic hydroxyl groups is 1. The molecule has 0 aliphatic heterocycles. The van der Waals surface area contributed by atoms with Crippen LogP contribution in [0.1, 0.15) is 11.1 Å². The second-order valence-corrected chi connectivity index (χ2v) is 2.22. The summed E-state index contributed by atoms with van der Waals surface area (Å²) in [6.07, 6.45) is 0. The Morgan fingerprint density at radius 2 is 1.89 bits per heavy atom. The zero-order valence-electron chi connectivity index (χ0n) is 5.68. The molecule has 0 heterocycles. The SMILES string of the molecule is [13CH3][13c]1[13cH][13cH][13cH][13c](O)[13c]1[13CH3]. The summed E-state index contributed by atoms with van der Waals surface area (Å²) in [4.78, 5) is 0. The van der Waals surface area contributed by atoms with Crippen LogP contribution < -0.4 is 0 Å². The lowest BCUT2D eigenvalue weighted by Gasteiger charge is -1.99. The highest BCUT2D eigenvalue weighted by Gasteiger charge is 1.94. The molecule has 0 saturated carbocycles. The highest BCUT2D eigenvalue weighted by Crippen LogP contribution is 2.17. The number of benzene rings is 1. The molecule has 9 heavy (non-hydrogen) atoms. The highest BCUT2D eigenvalue weighted by atomic mass is 16.3. The first-order chi connectivity index (χ1) is 4.22. The van der Waals surface area contributed by atoms with E-state index in [1.54, 1.807) is 6.07 Å². The summed E-state index contributed by atoms with van der Waals surface area (Å²) in [5.41, 5.74) is 2.10. The minimum absolute atomic E-state index is 0.384. The summed E-state index contributed by atoms with van der Waals surface area (Å²) < 4.78 is 0. The first-order valence-electron chi connectivity index (χ1n) is 2.97. The number of hydrogen-bond donors (Lipinski definition) is 1. The van der Waals surface area contributed by atoms with Crippen molar-refractivity contribution in [1.82, 2.24) is 0 Å². The van der Waals surface area contributed by atoms with Gasteiger partial charge in [0, 0.05) is 0 Å². The summed E-state index contributed by atoms with van der Waals surface area (Å²) in [5.74, 6) is 0.384. The van der Waals surface area contributed by atoms with E-state index in [-0.39, 0.29) is 0 Å². The molecule has 1 rings (SSSR count). The normalized spacial score (nSPS) is 9.56. The summed E-state index contributed by atoms with van der Waals surface area (Å²) >= 11 is 0. The molecule has 0 amide bonds. The van der Waals surface area contributed by atoms with Crippen LogP contribution in [0, 0.1) is 13.8 Å². The van der Waals surface area contributed by atoms with Gasteiger partial charge in [0.05, 0.1) is 0 Å². The van der Waals surface area contributed by atoms with Gasteiger partial charge in [-0.2, -0.15) is 0 Å². The summed E-state index contributed by atoms with van der Waals surface area (Å²) in [6, 6.07) is 5.52. The molecule has 0 aliphatic rings. The van der Waals surface area contributed by atoms with Gasteiger partial charge in [-0.3, -0.25) is 0 Å². The number of phenols is 1. The van der Waals surface area contributed by atoms with Crippen molar-refractivity contribution in [3.63, 3.8) is 0 Å². The molecule has 0 unspecified atom stereocenters. The first-order valence-corrected chi connectivity index (χ1v) is 2.97. The summed E-state index contributed by atoms with van der Waals surface area (Å²) in [6.45, 7) is 3.89. The maximum absolute atomic E-state index is 9.10. The number of phenolic OH excluding ortho intramolecular Hbond substituents is 1. The van der Waals surface area contributed by atoms with Gasteiger partial charge in [-0.05, 0) is 31.0 Å². The van der Waals surface area contributed by atoms with E-state index >= 15 is 0 Å². The zero-order chi connectivity index (χ0) is 6.85. The smallest absolute Gasteiger partial charge is 0.118 e. The van der Waals surface area contributed by atoms with E-state index in [1.807, 2.05) is 26.0 Å². The second kappa shape index (κ2) is 2.09. The third-order valence-electron chi connectivity index (χ3n) is 1.58. The molecule has 1 aromatic rings. The second-order valence-electron chi connectivity index (χ2n) is 2.22. The predicted molar refractivity (Wildman–Crippen MR) is 37.6 cm³/mol. The Hall–Kier alpha value is -0.980. The lowest BCUT2D eigenvalue weighted by Crippen LogP contribution is -1.78. The maximum atomic E-state index is 9.10. The van der Waals surface area contributed by atoms with Gasteiger partial charge in [0.25, 0.3) is 0 Å². The van der Waals surface area contributed by atoms with E-state index in [2.05, 4.69) is 0 Å². The van der Waals surface area contributed by atoms with Gasteiger partial charge >= 0.3 is 0 Å². The fraction of sp³-hybridized carbons (Fsp3) is 0.250. The van der Waals surface area contributed by atoms with Crippen molar-refractivity contribution in [2.45, 2.75) is 13.8 Å². The molecular weight excluding hydrogens is 120 g/mol. The van der Waals surface area contributed by atoms with Gasteiger partial charge in [0.2, 0.25) is 0 Å². The van der Waals surface area contributed by atoms with E-state index in [9.17, 15) is 0 Å². The van der Waals surface area contributed by atoms with E-state index < -0.39 is 0 Å². The molecule has 0 bridgehead atoms. The maximum Gasteiger partial charge on any atom is 0.118 e. The van der Waals surface area contributed by atoms with Crippen LogP contribution in [0.5, 0.6) is 5.75 Å². The standard InChI is InChI=1S/C8H10O/c1-6-4-3-5-8(9)7(6)2/h3-5,9H,1-2H3/i1+1,2+1,3+1,4+1,5+1,6+1,7+1,8+1. The Kier molecular flexibility index (Phi) is 1.43. The molecular formula is C8H10O. The van der Waals surface area contributed by atoms with Crippen molar-refractivity contribution in [1.29, 1.82) is 0 Å². The Balaban J connectivity index is 3.25. The van der Waals surface area contributed by atoms with Crippen molar-refractivity contribution in [2.75, 3.05) is 0 Å². The van der Waals surface area contributed by atoms with Gasteiger partial charge in [-0.25, -0.2) is 0 Å². The molecule has 0 radical (unpaired) electrons. The van der Waals surface area contributed by atoms with Crippen molar-refractivity contribution in [3.05, 3.63) is 29.3 Å². The van der Waals surface area contributed by atoms with Gasteiger partial charge in [-0.15, -0.1) is 0 Å². The fourth-order valence-corrected chi connectivity index (χ4v) is 0.736. The van der Waals surface area contributed by atoms with Gasteiger partial charge in [0.1, 0.15) is 5.75 Å². The average Bonchev–Trinajstić information content (AvgIpc) is 1.83. The molecule has 0 aliphatic carbocycles. The van der Waals surface area contributed by atoms with Crippen LogP contribution in [-0.2, 0) is 0 Å². The van der Waals surface area contributed by atoms with Crippen LogP contribution in [0.3, 0.4) is 0 Å². The Bertz CT molecular complexity index is 196. The molecule has 0 fully saturated rings.